The van der Waals surface area contributed by atoms with Crippen LogP contribution in [0.2, 0.25) is 0 Å². The Morgan fingerprint density at radius 2 is 0.938 bits per heavy atom. The van der Waals surface area contributed by atoms with Crippen LogP contribution in [0.4, 0.5) is 0 Å². The minimum atomic E-state index is -1.92. The lowest BCUT2D eigenvalue weighted by Gasteiger charge is -2.27. The van der Waals surface area contributed by atoms with Gasteiger partial charge in [0.15, 0.2) is 0 Å². The van der Waals surface area contributed by atoms with Crippen LogP contribution in [0.1, 0.15) is 77.2 Å². The highest BCUT2D eigenvalue weighted by molar-refractivity contribution is 5.98. The van der Waals surface area contributed by atoms with Gasteiger partial charge >= 0.3 is 35.8 Å². The van der Waals surface area contributed by atoms with E-state index in [2.05, 4.69) is 31.9 Å². The van der Waals surface area contributed by atoms with Gasteiger partial charge < -0.3 is 73.6 Å². The second kappa shape index (κ2) is 28.5. The molecule has 0 aliphatic carbocycles. The zero-order valence-corrected chi connectivity index (χ0v) is 35.4. The van der Waals surface area contributed by atoms with Gasteiger partial charge in [0.25, 0.3) is 0 Å². The van der Waals surface area contributed by atoms with Crippen LogP contribution >= 0.6 is 0 Å². The third-order valence-corrected chi connectivity index (χ3v) is 9.33. The minimum Gasteiger partial charge on any atom is -0.481 e. The van der Waals surface area contributed by atoms with Crippen molar-refractivity contribution >= 4 is 71.3 Å². The number of hydrogen-bond donors (Lipinski definition) is 14. The predicted molar refractivity (Wildman–Crippen MR) is 220 cm³/mol. The van der Waals surface area contributed by atoms with Crippen molar-refractivity contribution in [3.8, 4) is 0 Å². The molecule has 1 aromatic rings. The predicted octanol–water partition coefficient (Wildman–Crippen LogP) is -3.52. The fraction of sp³-hybridized carbons (Fsp3) is 0.538. The first-order chi connectivity index (χ1) is 30.4. The summed E-state index contributed by atoms with van der Waals surface area (Å²) in [6.45, 7) is 2.66. The smallest absolute Gasteiger partial charge is 0.326 e. The molecule has 0 bridgehead atoms. The Bertz CT molecular complexity index is 1880. The molecule has 1 rings (SSSR count). The Balaban J connectivity index is 3.45. The van der Waals surface area contributed by atoms with Gasteiger partial charge in [0.05, 0.1) is 18.9 Å². The number of carboxylic acid groups (broad SMARTS) is 6. The van der Waals surface area contributed by atoms with E-state index in [4.69, 9.17) is 21.1 Å². The van der Waals surface area contributed by atoms with E-state index in [0.29, 0.717) is 5.56 Å². The SMILES string of the molecule is C[C@H](NC(=O)[C@H](CCCCN[C@H](C)C(=O)O)NC(=O)[C@H](Cc1ccccc1)NC(=O)[C@H](CCC(=O)O)NC(=O)[C@@H](N)CC(=O)O)C(=O)N[C@@H](CC(=O)O)C(=O)N[C@@H](CCC(=O)O)C(=O)O. The molecule has 26 nitrogen and oxygen atoms in total. The number of aliphatic carboxylic acids is 6. The molecular weight excluding hydrogens is 868 g/mol. The van der Waals surface area contributed by atoms with Crippen LogP contribution in [0.5, 0.6) is 0 Å². The molecule has 360 valence electrons. The van der Waals surface area contributed by atoms with E-state index in [1.165, 1.54) is 6.92 Å². The number of benzene rings is 1. The molecule has 0 aliphatic heterocycles. The summed E-state index contributed by atoms with van der Waals surface area (Å²) in [5.41, 5.74) is 6.10. The maximum atomic E-state index is 14.1. The van der Waals surface area contributed by atoms with E-state index in [-0.39, 0.29) is 32.2 Å². The second-order valence-corrected chi connectivity index (χ2v) is 14.7. The lowest BCUT2D eigenvalue weighted by molar-refractivity contribution is -0.144. The van der Waals surface area contributed by atoms with Crippen molar-refractivity contribution in [2.45, 2.75) is 126 Å². The Morgan fingerprint density at radius 1 is 0.477 bits per heavy atom. The van der Waals surface area contributed by atoms with E-state index >= 15 is 0 Å². The second-order valence-electron chi connectivity index (χ2n) is 14.7. The molecule has 0 heterocycles. The molecule has 0 aliphatic rings. The van der Waals surface area contributed by atoms with E-state index < -0.39 is 158 Å². The van der Waals surface area contributed by atoms with Gasteiger partial charge in [-0.15, -0.1) is 0 Å². The Hall–Kier alpha value is -7.22. The van der Waals surface area contributed by atoms with Gasteiger partial charge in [-0.2, -0.15) is 0 Å². The van der Waals surface area contributed by atoms with Crippen LogP contribution in [0, 0.1) is 0 Å². The molecule has 0 fully saturated rings. The van der Waals surface area contributed by atoms with Crippen molar-refractivity contribution in [3.05, 3.63) is 35.9 Å². The summed E-state index contributed by atoms with van der Waals surface area (Å²) in [7, 11) is 0. The van der Waals surface area contributed by atoms with Crippen LogP contribution in [0.25, 0.3) is 0 Å². The monoisotopic (exact) mass is 924 g/mol. The van der Waals surface area contributed by atoms with Gasteiger partial charge in [0, 0.05) is 19.3 Å². The van der Waals surface area contributed by atoms with E-state index in [9.17, 15) is 72.9 Å². The first-order valence-corrected chi connectivity index (χ1v) is 20.1. The number of carboxylic acids is 6. The van der Waals surface area contributed by atoms with Crippen molar-refractivity contribution in [2.24, 2.45) is 5.73 Å². The molecule has 1 aromatic carbocycles. The average Bonchev–Trinajstić information content (AvgIpc) is 3.21. The van der Waals surface area contributed by atoms with Gasteiger partial charge in [-0.3, -0.25) is 52.7 Å². The summed E-state index contributed by atoms with van der Waals surface area (Å²) in [5.74, 6) is -15.2. The van der Waals surface area contributed by atoms with Crippen LogP contribution in [0.3, 0.4) is 0 Å². The van der Waals surface area contributed by atoms with E-state index in [1.807, 2.05) is 5.32 Å². The highest BCUT2D eigenvalue weighted by Gasteiger charge is 2.34. The Kier molecular flexibility index (Phi) is 24.4. The summed E-state index contributed by atoms with van der Waals surface area (Å²) < 4.78 is 0. The molecule has 6 amide bonds. The minimum absolute atomic E-state index is 0.140. The van der Waals surface area contributed by atoms with Crippen LogP contribution < -0.4 is 43.0 Å². The standard InChI is InChI=1S/C39H56N8O18/c1-19(32(56)46-27(18-31(54)55)37(61)45-25(39(64)65)12-14-29(50)51)42-34(58)23(10-6-7-15-41-20(2)38(62)63)44-36(60)26(16-21-8-4-3-5-9-21)47-35(59)24(11-13-28(48)49)43-33(57)22(40)17-30(52)53/h3-5,8-9,19-20,22-27,41H,6-7,10-18,40H2,1-2H3,(H,42,58)(H,43,57)(H,44,60)(H,45,61)(H,46,56)(H,47,59)(H,48,49)(H,50,51)(H,52,53)(H,54,55)(H,62,63)(H,64,65)/t19-,20+,22-,23-,24-,25-,26-,27-/m0/s1. The summed E-state index contributed by atoms with van der Waals surface area (Å²) in [4.78, 5) is 148. The van der Waals surface area contributed by atoms with Crippen LogP contribution in [-0.4, -0.2) is 157 Å². The van der Waals surface area contributed by atoms with Gasteiger partial charge in [-0.05, 0) is 58.1 Å². The Morgan fingerprint density at radius 3 is 1.48 bits per heavy atom. The van der Waals surface area contributed by atoms with Crippen molar-refractivity contribution in [3.63, 3.8) is 0 Å². The summed E-state index contributed by atoms with van der Waals surface area (Å²) in [6.07, 6.45) is -4.37. The fourth-order valence-corrected chi connectivity index (χ4v) is 5.71. The van der Waals surface area contributed by atoms with Crippen LogP contribution in [0.15, 0.2) is 30.3 Å². The molecule has 0 saturated heterocycles. The summed E-state index contributed by atoms with van der Waals surface area (Å²) in [5, 5.41) is 71.5. The molecule has 8 atom stereocenters. The lowest BCUT2D eigenvalue weighted by atomic mass is 10.0. The number of carbonyl (C=O) groups excluding carboxylic acids is 6. The third kappa shape index (κ3) is 22.6. The number of nitrogens with two attached hydrogens (primary N) is 1. The molecular formula is C39H56N8O18. The molecule has 15 N–H and O–H groups in total. The van der Waals surface area contributed by atoms with Crippen molar-refractivity contribution < 1.29 is 88.2 Å². The summed E-state index contributed by atoms with van der Waals surface area (Å²) in [6, 6.07) is -4.46. The molecule has 0 spiro atoms. The van der Waals surface area contributed by atoms with E-state index in [1.54, 1.807) is 30.3 Å². The van der Waals surface area contributed by atoms with Gasteiger partial charge in [0.2, 0.25) is 35.4 Å². The number of carbonyl (C=O) groups is 12. The molecule has 65 heavy (non-hydrogen) atoms. The van der Waals surface area contributed by atoms with E-state index in [0.717, 1.165) is 6.92 Å². The Labute approximate surface area is 370 Å². The number of hydrogen-bond acceptors (Lipinski definition) is 14. The molecule has 26 heteroatoms. The zero-order chi connectivity index (χ0) is 49.4. The molecule has 0 aromatic heterocycles. The summed E-state index contributed by atoms with van der Waals surface area (Å²) >= 11 is 0. The number of unbranched alkanes of at least 4 members (excludes halogenated alkanes) is 1. The fourth-order valence-electron chi connectivity index (χ4n) is 5.71. The van der Waals surface area contributed by atoms with Crippen molar-refractivity contribution in [1.29, 1.82) is 0 Å². The van der Waals surface area contributed by atoms with Gasteiger partial charge in [0.1, 0.15) is 42.3 Å². The largest absolute Gasteiger partial charge is 0.481 e. The highest BCUT2D eigenvalue weighted by atomic mass is 16.4. The first-order valence-electron chi connectivity index (χ1n) is 20.1. The van der Waals surface area contributed by atoms with Crippen LogP contribution in [-0.2, 0) is 64.0 Å². The topological polar surface area (TPSA) is 436 Å². The van der Waals surface area contributed by atoms with Crippen molar-refractivity contribution in [2.75, 3.05) is 6.54 Å². The zero-order valence-electron chi connectivity index (χ0n) is 35.4. The average molecular weight is 925 g/mol. The number of nitrogens with one attached hydrogen (secondary N) is 7. The normalized spacial score (nSPS) is 14.5. The first kappa shape index (κ1) is 55.8. The maximum Gasteiger partial charge on any atom is 0.326 e. The number of rotatable bonds is 32. The quantitative estimate of drug-likeness (QED) is 0.0312. The van der Waals surface area contributed by atoms with Gasteiger partial charge in [-0.1, -0.05) is 30.3 Å². The third-order valence-electron chi connectivity index (χ3n) is 9.33. The van der Waals surface area contributed by atoms with Gasteiger partial charge in [-0.25, -0.2) is 4.79 Å². The molecule has 0 unspecified atom stereocenters. The maximum absolute atomic E-state index is 14.1. The lowest BCUT2D eigenvalue weighted by Crippen LogP contribution is -2.60. The molecule has 0 radical (unpaired) electrons. The number of amides is 6. The van der Waals surface area contributed by atoms with Crippen molar-refractivity contribution in [1.82, 2.24) is 37.2 Å². The molecule has 0 saturated carbocycles. The highest BCUT2D eigenvalue weighted by Crippen LogP contribution is 2.10.